The van der Waals surface area contributed by atoms with Gasteiger partial charge in [-0.15, -0.1) is 0 Å². The van der Waals surface area contributed by atoms with Gasteiger partial charge in [-0.05, 0) is 44.0 Å². The van der Waals surface area contributed by atoms with Crippen molar-refractivity contribution in [1.29, 1.82) is 0 Å². The molecule has 3 aromatic rings. The molecule has 1 aliphatic heterocycles. The van der Waals surface area contributed by atoms with Gasteiger partial charge in [0.05, 0.1) is 25.3 Å². The molecule has 0 saturated carbocycles. The van der Waals surface area contributed by atoms with Gasteiger partial charge < -0.3 is 9.47 Å². The van der Waals surface area contributed by atoms with Crippen molar-refractivity contribution in [1.82, 2.24) is 14.7 Å². The number of carbonyl (C=O) groups excluding carboxylic acids is 1. The molecule has 8 heteroatoms. The van der Waals surface area contributed by atoms with Crippen LogP contribution in [0, 0.1) is 0 Å². The summed E-state index contributed by atoms with van der Waals surface area (Å²) in [5.74, 6) is -0.427. The zero-order valence-corrected chi connectivity index (χ0v) is 20.7. The molecule has 1 unspecified atom stereocenters. The van der Waals surface area contributed by atoms with Gasteiger partial charge in [0, 0.05) is 34.6 Å². The molecule has 6 nitrogen and oxygen atoms in total. The van der Waals surface area contributed by atoms with Crippen LogP contribution in [0.15, 0.2) is 42.5 Å². The van der Waals surface area contributed by atoms with Gasteiger partial charge >= 0.3 is 5.97 Å². The van der Waals surface area contributed by atoms with Crippen LogP contribution >= 0.6 is 23.2 Å². The Balaban J connectivity index is 1.61. The van der Waals surface area contributed by atoms with Crippen molar-refractivity contribution in [2.24, 2.45) is 0 Å². The van der Waals surface area contributed by atoms with Gasteiger partial charge in [0.1, 0.15) is 5.60 Å². The normalized spacial score (nSPS) is 16.2. The summed E-state index contributed by atoms with van der Waals surface area (Å²) in [4.78, 5) is 15.7. The van der Waals surface area contributed by atoms with Crippen LogP contribution in [0.1, 0.15) is 43.2 Å². The monoisotopic (exact) mass is 489 g/mol. The third-order valence-corrected chi connectivity index (χ3v) is 6.80. The van der Waals surface area contributed by atoms with Crippen molar-refractivity contribution in [3.05, 3.63) is 63.8 Å². The molecule has 2 heterocycles. The first-order valence-corrected chi connectivity index (χ1v) is 12.0. The van der Waals surface area contributed by atoms with Crippen LogP contribution in [0.5, 0.6) is 0 Å². The standard InChI is InChI=1S/C25H29Cl2N3O3/c1-4-22(29-11-13-32-14-12-29)25(2,3)33-24(31)23-19-7-5-6-8-21(19)30(28-23)16-17-9-10-18(26)15-20(17)27/h5-10,15,22H,4,11-14,16H2,1-3H3. The summed E-state index contributed by atoms with van der Waals surface area (Å²) in [6.07, 6.45) is 0.866. The predicted octanol–water partition coefficient (Wildman–Crippen LogP) is 5.44. The van der Waals surface area contributed by atoms with Crippen molar-refractivity contribution < 1.29 is 14.3 Å². The van der Waals surface area contributed by atoms with Crippen LogP contribution in [-0.2, 0) is 16.0 Å². The van der Waals surface area contributed by atoms with Gasteiger partial charge in [0.15, 0.2) is 5.69 Å². The molecule has 0 bridgehead atoms. The first kappa shape index (κ1) is 24.0. The highest BCUT2D eigenvalue weighted by molar-refractivity contribution is 6.35. The van der Waals surface area contributed by atoms with Crippen molar-refractivity contribution >= 4 is 40.1 Å². The van der Waals surface area contributed by atoms with Gasteiger partial charge in [0.2, 0.25) is 0 Å². The van der Waals surface area contributed by atoms with Crippen molar-refractivity contribution in [2.45, 2.75) is 45.4 Å². The number of ether oxygens (including phenoxy) is 2. The highest BCUT2D eigenvalue weighted by Crippen LogP contribution is 2.28. The molecule has 0 N–H and O–H groups in total. The predicted molar refractivity (Wildman–Crippen MR) is 131 cm³/mol. The lowest BCUT2D eigenvalue weighted by molar-refractivity contribution is -0.0732. The van der Waals surface area contributed by atoms with E-state index in [0.717, 1.165) is 36.0 Å². The number of para-hydroxylation sites is 1. The molecular weight excluding hydrogens is 461 g/mol. The van der Waals surface area contributed by atoms with Gasteiger partial charge in [0.25, 0.3) is 0 Å². The molecule has 4 rings (SSSR count). The minimum atomic E-state index is -0.687. The highest BCUT2D eigenvalue weighted by atomic mass is 35.5. The molecule has 176 valence electrons. The zero-order valence-electron chi connectivity index (χ0n) is 19.2. The average molecular weight is 490 g/mol. The second kappa shape index (κ2) is 10.0. The molecule has 33 heavy (non-hydrogen) atoms. The summed E-state index contributed by atoms with van der Waals surface area (Å²) >= 11 is 12.4. The minimum Gasteiger partial charge on any atom is -0.453 e. The third kappa shape index (κ3) is 5.19. The fourth-order valence-corrected chi connectivity index (χ4v) is 5.11. The van der Waals surface area contributed by atoms with Crippen LogP contribution < -0.4 is 0 Å². The number of nitrogens with zero attached hydrogens (tertiary/aromatic N) is 3. The number of fused-ring (bicyclic) bond motifs is 1. The molecule has 1 aromatic heterocycles. The zero-order chi connectivity index (χ0) is 23.6. The number of aromatic nitrogens is 2. The number of hydrogen-bond donors (Lipinski definition) is 0. The van der Waals surface area contributed by atoms with E-state index in [0.29, 0.717) is 35.5 Å². The number of halogens is 2. The summed E-state index contributed by atoms with van der Waals surface area (Å²) in [5, 5.41) is 6.53. The molecule has 2 aromatic carbocycles. The summed E-state index contributed by atoms with van der Waals surface area (Å²) in [6, 6.07) is 13.1. The Labute approximate surface area is 204 Å². The van der Waals surface area contributed by atoms with E-state index in [2.05, 4.69) is 16.9 Å². The minimum absolute atomic E-state index is 0.0894. The Bertz CT molecular complexity index is 1140. The van der Waals surface area contributed by atoms with E-state index in [-0.39, 0.29) is 6.04 Å². The fraction of sp³-hybridized carbons (Fsp3) is 0.440. The van der Waals surface area contributed by atoms with E-state index in [1.165, 1.54) is 0 Å². The quantitative estimate of drug-likeness (QED) is 0.413. The van der Waals surface area contributed by atoms with Gasteiger partial charge in [-0.3, -0.25) is 9.58 Å². The van der Waals surface area contributed by atoms with Crippen LogP contribution in [0.4, 0.5) is 0 Å². The maximum absolute atomic E-state index is 13.4. The van der Waals surface area contributed by atoms with Crippen molar-refractivity contribution in [2.75, 3.05) is 26.3 Å². The van der Waals surface area contributed by atoms with E-state index in [1.54, 1.807) is 16.8 Å². The summed E-state index contributed by atoms with van der Waals surface area (Å²) in [7, 11) is 0. The molecule has 0 radical (unpaired) electrons. The van der Waals surface area contributed by atoms with E-state index in [4.69, 9.17) is 32.7 Å². The number of rotatable bonds is 7. The average Bonchev–Trinajstić information content (AvgIpc) is 3.15. The van der Waals surface area contributed by atoms with E-state index < -0.39 is 11.6 Å². The molecule has 1 fully saturated rings. The fourth-order valence-electron chi connectivity index (χ4n) is 4.64. The van der Waals surface area contributed by atoms with Crippen LogP contribution in [0.2, 0.25) is 10.0 Å². The van der Waals surface area contributed by atoms with E-state index >= 15 is 0 Å². The molecule has 1 saturated heterocycles. The largest absolute Gasteiger partial charge is 0.453 e. The summed E-state index contributed by atoms with van der Waals surface area (Å²) in [6.45, 7) is 9.54. The maximum atomic E-state index is 13.4. The van der Waals surface area contributed by atoms with Gasteiger partial charge in [-0.2, -0.15) is 5.10 Å². The number of carbonyl (C=O) groups is 1. The van der Waals surface area contributed by atoms with E-state index in [1.807, 2.05) is 44.2 Å². The summed E-state index contributed by atoms with van der Waals surface area (Å²) < 4.78 is 13.4. The van der Waals surface area contributed by atoms with Crippen LogP contribution in [0.25, 0.3) is 10.9 Å². The Hall–Kier alpha value is -2.12. The molecule has 0 amide bonds. The third-order valence-electron chi connectivity index (χ3n) is 6.22. The topological polar surface area (TPSA) is 56.6 Å². The SMILES string of the molecule is CCC(N1CCOCC1)C(C)(C)OC(=O)c1nn(Cc2ccc(Cl)cc2Cl)c2ccccc12. The van der Waals surface area contributed by atoms with Crippen LogP contribution in [0.3, 0.4) is 0 Å². The van der Waals surface area contributed by atoms with Crippen LogP contribution in [-0.4, -0.2) is 58.6 Å². The first-order valence-electron chi connectivity index (χ1n) is 11.2. The number of hydrogen-bond acceptors (Lipinski definition) is 5. The molecule has 1 aliphatic rings. The number of morpholine rings is 1. The second-order valence-electron chi connectivity index (χ2n) is 8.82. The van der Waals surface area contributed by atoms with Crippen molar-refractivity contribution in [3.63, 3.8) is 0 Å². The first-order chi connectivity index (χ1) is 15.8. The Kier molecular flexibility index (Phi) is 7.29. The molecular formula is C25H29Cl2N3O3. The lowest BCUT2D eigenvalue weighted by Crippen LogP contribution is -2.54. The molecule has 1 atom stereocenters. The Morgan fingerprint density at radius 1 is 1.18 bits per heavy atom. The Morgan fingerprint density at radius 3 is 2.61 bits per heavy atom. The highest BCUT2D eigenvalue weighted by Gasteiger charge is 2.38. The lowest BCUT2D eigenvalue weighted by Gasteiger charge is -2.42. The summed E-state index contributed by atoms with van der Waals surface area (Å²) in [5.41, 5.74) is 1.33. The molecule has 0 spiro atoms. The van der Waals surface area contributed by atoms with Gasteiger partial charge in [-0.1, -0.05) is 54.4 Å². The lowest BCUT2D eigenvalue weighted by atomic mass is 9.94. The second-order valence-corrected chi connectivity index (χ2v) is 9.67. The molecule has 0 aliphatic carbocycles. The Morgan fingerprint density at radius 2 is 1.91 bits per heavy atom. The number of esters is 1. The van der Waals surface area contributed by atoms with E-state index in [9.17, 15) is 4.79 Å². The van der Waals surface area contributed by atoms with Crippen molar-refractivity contribution in [3.8, 4) is 0 Å². The van der Waals surface area contributed by atoms with Gasteiger partial charge in [-0.25, -0.2) is 4.79 Å². The number of benzene rings is 2. The smallest absolute Gasteiger partial charge is 0.360 e. The maximum Gasteiger partial charge on any atom is 0.360 e.